The van der Waals surface area contributed by atoms with Gasteiger partial charge < -0.3 is 33.8 Å². The normalized spacial score (nSPS) is 14.6. The van der Waals surface area contributed by atoms with Crippen LogP contribution in [0.5, 0.6) is 0 Å². The van der Waals surface area contributed by atoms with Crippen molar-refractivity contribution in [1.29, 1.82) is 0 Å². The average molecular weight is 1300 g/mol. The van der Waals surface area contributed by atoms with Gasteiger partial charge in [0, 0.05) is 25.7 Å². The molecule has 0 spiro atoms. The molecule has 0 radical (unpaired) electrons. The second-order valence-electron chi connectivity index (χ2n) is 26.6. The van der Waals surface area contributed by atoms with E-state index in [4.69, 9.17) is 37.0 Å². The fraction of sp³-hybridized carbons (Fsp3) is 0.942. The van der Waals surface area contributed by atoms with Gasteiger partial charge in [-0.1, -0.05) is 287 Å². The highest BCUT2D eigenvalue weighted by molar-refractivity contribution is 7.47. The maximum absolute atomic E-state index is 13.0. The molecule has 6 atom stereocenters. The number of aliphatic hydroxyl groups excluding tert-OH is 1. The second-order valence-corrected chi connectivity index (χ2v) is 29.5. The zero-order valence-electron chi connectivity index (χ0n) is 57.3. The van der Waals surface area contributed by atoms with Crippen molar-refractivity contribution in [3.63, 3.8) is 0 Å². The zero-order valence-corrected chi connectivity index (χ0v) is 59.1. The summed E-state index contributed by atoms with van der Waals surface area (Å²) in [6, 6.07) is 0. The number of ether oxygens (including phenoxy) is 4. The molecular weight excluding hydrogens is 1160 g/mol. The predicted octanol–water partition coefficient (Wildman–Crippen LogP) is 19.3. The summed E-state index contributed by atoms with van der Waals surface area (Å²) >= 11 is 0. The van der Waals surface area contributed by atoms with Crippen molar-refractivity contribution in [3.8, 4) is 0 Å². The Morgan fingerprint density at radius 1 is 0.318 bits per heavy atom. The van der Waals surface area contributed by atoms with E-state index in [9.17, 15) is 43.2 Å². The molecule has 522 valence electrons. The number of carbonyl (C=O) groups is 4. The molecule has 0 amide bonds. The zero-order chi connectivity index (χ0) is 65.4. The Morgan fingerprint density at radius 2 is 0.545 bits per heavy atom. The summed E-state index contributed by atoms with van der Waals surface area (Å²) < 4.78 is 68.2. The number of hydrogen-bond acceptors (Lipinski definition) is 15. The Balaban J connectivity index is 5.24. The van der Waals surface area contributed by atoms with Crippen molar-refractivity contribution in [3.05, 3.63) is 0 Å². The van der Waals surface area contributed by atoms with Gasteiger partial charge in [-0.3, -0.25) is 37.3 Å². The fourth-order valence-corrected chi connectivity index (χ4v) is 11.9. The van der Waals surface area contributed by atoms with E-state index in [1.807, 2.05) is 0 Å². The Labute approximate surface area is 537 Å². The molecule has 0 saturated heterocycles. The van der Waals surface area contributed by atoms with Gasteiger partial charge in [0.15, 0.2) is 12.2 Å². The van der Waals surface area contributed by atoms with E-state index in [1.54, 1.807) is 0 Å². The Hall–Kier alpha value is -1.94. The van der Waals surface area contributed by atoms with E-state index in [0.717, 1.165) is 114 Å². The lowest BCUT2D eigenvalue weighted by Crippen LogP contribution is -2.30. The number of aliphatic hydroxyl groups is 1. The SMILES string of the molecule is CCC(C)CCCCCCCCCCC(=O)O[C@H](COC(=O)CCCCCCCCCCC(C)C)COP(=O)(O)OCC(O)COP(=O)(O)OC[C@@H](COC(=O)CCCCCCCCC(C)C)OC(=O)CCCCCCCCCCCCCCCC(C)C. The van der Waals surface area contributed by atoms with Crippen LogP contribution in [0.15, 0.2) is 0 Å². The molecule has 0 aromatic rings. The number of unbranched alkanes of at least 4 members (excludes halogenated alkanes) is 31. The van der Waals surface area contributed by atoms with Gasteiger partial charge >= 0.3 is 39.5 Å². The lowest BCUT2D eigenvalue weighted by molar-refractivity contribution is -0.161. The molecule has 88 heavy (non-hydrogen) atoms. The average Bonchev–Trinajstić information content (AvgIpc) is 3.58. The summed E-state index contributed by atoms with van der Waals surface area (Å²) in [6.45, 7) is 14.0. The van der Waals surface area contributed by atoms with Crippen molar-refractivity contribution < 1.29 is 80.2 Å². The molecular formula is C69H134O17P2. The molecule has 0 bridgehead atoms. The van der Waals surface area contributed by atoms with Crippen molar-refractivity contribution >= 4 is 39.5 Å². The highest BCUT2D eigenvalue weighted by Crippen LogP contribution is 2.45. The highest BCUT2D eigenvalue weighted by Gasteiger charge is 2.30. The van der Waals surface area contributed by atoms with Crippen LogP contribution in [-0.4, -0.2) is 96.7 Å². The van der Waals surface area contributed by atoms with Crippen LogP contribution in [0.25, 0.3) is 0 Å². The van der Waals surface area contributed by atoms with Crippen LogP contribution in [0.2, 0.25) is 0 Å². The van der Waals surface area contributed by atoms with Crippen molar-refractivity contribution in [2.45, 2.75) is 356 Å². The summed E-state index contributed by atoms with van der Waals surface area (Å²) in [5.74, 6) is 0.828. The third-order valence-electron chi connectivity index (χ3n) is 16.2. The molecule has 19 heteroatoms. The molecule has 0 aliphatic carbocycles. The first-order valence-electron chi connectivity index (χ1n) is 35.7. The standard InChI is InChI=1S/C69H134O17P2/c1-9-62(8)48-40-32-23-18-20-26-36-44-52-69(74)86-64(55-79-66(71)49-41-33-24-19-17-22-30-38-46-60(4)5)57-83-87(75,76)81-53-63(70)54-82-88(77,78)84-58-65(56-80-67(72)50-42-34-28-27-31-39-47-61(6)7)85-68(73)51-43-35-25-16-14-12-10-11-13-15-21-29-37-45-59(2)3/h59-65,70H,9-58H2,1-8H3,(H,75,76)(H,77,78)/t62?,63?,64-,65-/m1/s1. The van der Waals surface area contributed by atoms with Gasteiger partial charge in [0.2, 0.25) is 0 Å². The first-order chi connectivity index (χ1) is 42.1. The van der Waals surface area contributed by atoms with Gasteiger partial charge in [-0.15, -0.1) is 0 Å². The lowest BCUT2D eigenvalue weighted by Gasteiger charge is -2.21. The van der Waals surface area contributed by atoms with Gasteiger partial charge in [0.25, 0.3) is 0 Å². The maximum Gasteiger partial charge on any atom is 0.472 e. The highest BCUT2D eigenvalue weighted by atomic mass is 31.2. The van der Waals surface area contributed by atoms with E-state index in [-0.39, 0.29) is 25.7 Å². The summed E-state index contributed by atoms with van der Waals surface area (Å²) in [5.41, 5.74) is 0. The Kier molecular flexibility index (Phi) is 57.6. The molecule has 0 rings (SSSR count). The van der Waals surface area contributed by atoms with Gasteiger partial charge in [-0.2, -0.15) is 0 Å². The first-order valence-corrected chi connectivity index (χ1v) is 38.7. The van der Waals surface area contributed by atoms with Crippen LogP contribution in [0.3, 0.4) is 0 Å². The van der Waals surface area contributed by atoms with E-state index in [2.05, 4.69) is 55.4 Å². The van der Waals surface area contributed by atoms with Gasteiger partial charge in [-0.05, 0) is 49.4 Å². The van der Waals surface area contributed by atoms with E-state index >= 15 is 0 Å². The van der Waals surface area contributed by atoms with Gasteiger partial charge in [0.05, 0.1) is 26.4 Å². The van der Waals surface area contributed by atoms with E-state index in [0.29, 0.717) is 31.6 Å². The largest absolute Gasteiger partial charge is 0.472 e. The van der Waals surface area contributed by atoms with Crippen molar-refractivity contribution in [2.24, 2.45) is 23.7 Å². The molecule has 0 aromatic carbocycles. The van der Waals surface area contributed by atoms with Crippen LogP contribution in [-0.2, 0) is 65.4 Å². The smallest absolute Gasteiger partial charge is 0.462 e. The fourth-order valence-electron chi connectivity index (χ4n) is 10.3. The third kappa shape index (κ3) is 61.6. The summed E-state index contributed by atoms with van der Waals surface area (Å²) in [6.07, 6.45) is 40.4. The molecule has 0 saturated carbocycles. The van der Waals surface area contributed by atoms with Crippen LogP contribution in [0, 0.1) is 23.7 Å². The van der Waals surface area contributed by atoms with Crippen LogP contribution >= 0.6 is 15.6 Å². The Morgan fingerprint density at radius 3 is 0.807 bits per heavy atom. The summed E-state index contributed by atoms with van der Waals surface area (Å²) in [5, 5.41) is 10.6. The molecule has 0 aliphatic heterocycles. The molecule has 0 heterocycles. The Bertz CT molecular complexity index is 1750. The first kappa shape index (κ1) is 86.1. The lowest BCUT2D eigenvalue weighted by atomic mass is 9.99. The second kappa shape index (κ2) is 58.8. The molecule has 3 N–H and O–H groups in total. The number of phosphoric ester groups is 2. The van der Waals surface area contributed by atoms with Crippen molar-refractivity contribution in [2.75, 3.05) is 39.6 Å². The minimum Gasteiger partial charge on any atom is -0.462 e. The van der Waals surface area contributed by atoms with Crippen LogP contribution in [0.1, 0.15) is 338 Å². The van der Waals surface area contributed by atoms with Crippen LogP contribution < -0.4 is 0 Å². The molecule has 0 fully saturated rings. The molecule has 0 aromatic heterocycles. The van der Waals surface area contributed by atoms with Gasteiger partial charge in [0.1, 0.15) is 19.3 Å². The molecule has 17 nitrogen and oxygen atoms in total. The minimum atomic E-state index is -4.95. The monoisotopic (exact) mass is 1300 g/mol. The molecule has 0 aliphatic rings. The van der Waals surface area contributed by atoms with E-state index in [1.165, 1.54) is 135 Å². The maximum atomic E-state index is 13.0. The number of hydrogen-bond donors (Lipinski definition) is 3. The summed E-state index contributed by atoms with van der Waals surface area (Å²) in [4.78, 5) is 72.4. The quantitative estimate of drug-likeness (QED) is 0.0222. The number of phosphoric acid groups is 2. The van der Waals surface area contributed by atoms with Crippen LogP contribution in [0.4, 0.5) is 0 Å². The molecule has 4 unspecified atom stereocenters. The summed E-state index contributed by atoms with van der Waals surface area (Å²) in [7, 11) is -9.90. The number of esters is 4. The predicted molar refractivity (Wildman–Crippen MR) is 354 cm³/mol. The van der Waals surface area contributed by atoms with E-state index < -0.39 is 97.5 Å². The minimum absolute atomic E-state index is 0.104. The number of carbonyl (C=O) groups excluding carboxylic acids is 4. The number of rotatable bonds is 66. The van der Waals surface area contributed by atoms with Gasteiger partial charge in [-0.25, -0.2) is 9.13 Å². The third-order valence-corrected chi connectivity index (χ3v) is 18.1. The topological polar surface area (TPSA) is 237 Å². The van der Waals surface area contributed by atoms with Crippen molar-refractivity contribution in [1.82, 2.24) is 0 Å².